The fourth-order valence-electron chi connectivity index (χ4n) is 3.64. The second kappa shape index (κ2) is 8.63. The van der Waals surface area contributed by atoms with Gasteiger partial charge in [-0.25, -0.2) is 4.98 Å². The lowest BCUT2D eigenvalue weighted by Gasteiger charge is -2.09. The average molecular weight is 390 g/mol. The first kappa shape index (κ1) is 19.4. The summed E-state index contributed by atoms with van der Waals surface area (Å²) < 4.78 is 1.92. The van der Waals surface area contributed by atoms with E-state index in [0.29, 0.717) is 5.56 Å². The van der Waals surface area contributed by atoms with Crippen molar-refractivity contribution in [1.82, 2.24) is 9.55 Å². The summed E-state index contributed by atoms with van der Waals surface area (Å²) in [5, 5.41) is 9.78. The number of hydrogen-bond donors (Lipinski definition) is 0. The van der Waals surface area contributed by atoms with Crippen molar-refractivity contribution in [3.63, 3.8) is 0 Å². The van der Waals surface area contributed by atoms with Gasteiger partial charge in [0.15, 0.2) is 0 Å². The van der Waals surface area contributed by atoms with Crippen LogP contribution < -0.4 is 0 Å². The maximum absolute atomic E-state index is 9.78. The molecule has 0 aliphatic carbocycles. The number of rotatable bonds is 6. The lowest BCUT2D eigenvalue weighted by atomic mass is 9.95. The van der Waals surface area contributed by atoms with E-state index in [1.54, 1.807) is 6.20 Å². The van der Waals surface area contributed by atoms with Crippen molar-refractivity contribution in [3.8, 4) is 23.0 Å². The minimum Gasteiger partial charge on any atom is -0.307 e. The Labute approximate surface area is 177 Å². The monoisotopic (exact) mass is 389 g/mol. The molecule has 0 amide bonds. The van der Waals surface area contributed by atoms with Gasteiger partial charge in [0.1, 0.15) is 11.9 Å². The number of hydrogen-bond acceptors (Lipinski definition) is 2. The molecule has 0 saturated heterocycles. The molecule has 146 valence electrons. The van der Waals surface area contributed by atoms with Crippen LogP contribution in [-0.2, 0) is 12.8 Å². The van der Waals surface area contributed by atoms with E-state index in [0.717, 1.165) is 40.9 Å². The molecule has 4 rings (SSSR count). The largest absolute Gasteiger partial charge is 0.307 e. The minimum absolute atomic E-state index is 0.643. The summed E-state index contributed by atoms with van der Waals surface area (Å²) in [7, 11) is 0. The second-order valence-electron chi connectivity index (χ2n) is 7.43. The molecule has 0 fully saturated rings. The van der Waals surface area contributed by atoms with Crippen molar-refractivity contribution in [2.45, 2.75) is 19.8 Å². The lowest BCUT2D eigenvalue weighted by Crippen LogP contribution is -1.96. The second-order valence-corrected chi connectivity index (χ2v) is 7.43. The maximum atomic E-state index is 9.78. The summed E-state index contributed by atoms with van der Waals surface area (Å²) in [5.41, 5.74) is 7.24. The fourth-order valence-corrected chi connectivity index (χ4v) is 3.64. The van der Waals surface area contributed by atoms with Crippen LogP contribution in [0.5, 0.6) is 0 Å². The van der Waals surface area contributed by atoms with Gasteiger partial charge in [0.2, 0.25) is 0 Å². The van der Waals surface area contributed by atoms with Gasteiger partial charge in [-0.3, -0.25) is 0 Å². The van der Waals surface area contributed by atoms with Crippen LogP contribution in [0.25, 0.3) is 22.5 Å². The molecule has 0 aliphatic rings. The Morgan fingerprint density at radius 2 is 1.73 bits per heavy atom. The van der Waals surface area contributed by atoms with Crippen LogP contribution in [0.15, 0.2) is 91.9 Å². The molecule has 4 aromatic rings. The predicted molar refractivity (Wildman–Crippen MR) is 122 cm³/mol. The number of benzene rings is 2. The van der Waals surface area contributed by atoms with E-state index in [1.807, 2.05) is 48.1 Å². The third-order valence-electron chi connectivity index (χ3n) is 5.28. The van der Waals surface area contributed by atoms with Crippen LogP contribution in [0.1, 0.15) is 29.2 Å². The zero-order valence-electron chi connectivity index (χ0n) is 17.0. The standard InChI is InChI=1S/C27H23N3/c1-20(2)23-14-15-29-27(16-23)30-18-24(17-28)26(19-30)25-11-7-6-10-22(25)13-12-21-8-4-3-5-9-21/h3-11,14-16,18-19H,1,12-13H2,2H3. The van der Waals surface area contributed by atoms with Crippen molar-refractivity contribution < 1.29 is 0 Å². The van der Waals surface area contributed by atoms with E-state index in [4.69, 9.17) is 0 Å². The van der Waals surface area contributed by atoms with Gasteiger partial charge in [-0.1, -0.05) is 66.7 Å². The van der Waals surface area contributed by atoms with Crippen molar-refractivity contribution in [2.24, 2.45) is 0 Å². The minimum atomic E-state index is 0.643. The third kappa shape index (κ3) is 4.09. The van der Waals surface area contributed by atoms with Gasteiger partial charge < -0.3 is 4.57 Å². The fraction of sp³-hybridized carbons (Fsp3) is 0.111. The number of aromatic nitrogens is 2. The first-order valence-corrected chi connectivity index (χ1v) is 10.0. The van der Waals surface area contributed by atoms with Crippen LogP contribution in [-0.4, -0.2) is 9.55 Å². The van der Waals surface area contributed by atoms with E-state index < -0.39 is 0 Å². The zero-order chi connectivity index (χ0) is 20.9. The normalized spacial score (nSPS) is 10.5. The number of aryl methyl sites for hydroxylation is 2. The average Bonchev–Trinajstić information content (AvgIpc) is 3.23. The van der Waals surface area contributed by atoms with Crippen LogP contribution in [0.3, 0.4) is 0 Å². The molecule has 0 N–H and O–H groups in total. The van der Waals surface area contributed by atoms with Crippen LogP contribution in [0.2, 0.25) is 0 Å². The molecule has 30 heavy (non-hydrogen) atoms. The molecule has 2 aromatic carbocycles. The Morgan fingerprint density at radius 3 is 2.50 bits per heavy atom. The highest BCUT2D eigenvalue weighted by Gasteiger charge is 2.14. The molecule has 0 spiro atoms. The Hall–Kier alpha value is -3.90. The molecule has 2 aromatic heterocycles. The van der Waals surface area contributed by atoms with Gasteiger partial charge in [-0.05, 0) is 54.2 Å². The Kier molecular flexibility index (Phi) is 5.59. The van der Waals surface area contributed by atoms with Crippen LogP contribution >= 0.6 is 0 Å². The quantitative estimate of drug-likeness (QED) is 0.392. The number of nitrogens with zero attached hydrogens (tertiary/aromatic N) is 3. The number of allylic oxidation sites excluding steroid dienone is 1. The molecular formula is C27H23N3. The van der Waals surface area contributed by atoms with Gasteiger partial charge in [-0.2, -0.15) is 5.26 Å². The molecule has 0 atom stereocenters. The third-order valence-corrected chi connectivity index (χ3v) is 5.28. The highest BCUT2D eigenvalue weighted by Crippen LogP contribution is 2.30. The van der Waals surface area contributed by atoms with E-state index in [9.17, 15) is 5.26 Å². The van der Waals surface area contributed by atoms with Crippen LogP contribution in [0, 0.1) is 11.3 Å². The first-order valence-electron chi connectivity index (χ1n) is 10.0. The van der Waals surface area contributed by atoms with Crippen molar-refractivity contribution in [3.05, 3.63) is 114 Å². The smallest absolute Gasteiger partial charge is 0.137 e. The van der Waals surface area contributed by atoms with Gasteiger partial charge in [-0.15, -0.1) is 0 Å². The summed E-state index contributed by atoms with van der Waals surface area (Å²) in [4.78, 5) is 4.49. The van der Waals surface area contributed by atoms with Gasteiger partial charge >= 0.3 is 0 Å². The molecule has 0 aliphatic heterocycles. The summed E-state index contributed by atoms with van der Waals surface area (Å²) in [6, 6.07) is 25.1. The van der Waals surface area contributed by atoms with Crippen molar-refractivity contribution in [2.75, 3.05) is 0 Å². The van der Waals surface area contributed by atoms with Crippen LogP contribution in [0.4, 0.5) is 0 Å². The Morgan fingerprint density at radius 1 is 0.967 bits per heavy atom. The van der Waals surface area contributed by atoms with E-state index in [1.165, 1.54) is 11.1 Å². The van der Waals surface area contributed by atoms with Gasteiger partial charge in [0.25, 0.3) is 0 Å². The molecule has 2 heterocycles. The van der Waals surface area contributed by atoms with Crippen molar-refractivity contribution in [1.29, 1.82) is 5.26 Å². The molecule has 3 nitrogen and oxygen atoms in total. The molecular weight excluding hydrogens is 366 g/mol. The predicted octanol–water partition coefficient (Wildman–Crippen LogP) is 6.23. The summed E-state index contributed by atoms with van der Waals surface area (Å²) >= 11 is 0. The topological polar surface area (TPSA) is 41.6 Å². The Balaban J connectivity index is 1.71. The van der Waals surface area contributed by atoms with E-state index in [2.05, 4.69) is 60.1 Å². The molecule has 0 unspecified atom stereocenters. The maximum Gasteiger partial charge on any atom is 0.137 e. The zero-order valence-corrected chi connectivity index (χ0v) is 17.0. The number of pyridine rings is 1. The Bertz CT molecular complexity index is 1230. The summed E-state index contributed by atoms with van der Waals surface area (Å²) in [5.74, 6) is 0.778. The summed E-state index contributed by atoms with van der Waals surface area (Å²) in [6.45, 7) is 5.99. The van der Waals surface area contributed by atoms with Gasteiger partial charge in [0.05, 0.1) is 5.56 Å². The SMILES string of the molecule is C=C(C)c1ccnc(-n2cc(C#N)c(-c3ccccc3CCc3ccccc3)c2)c1. The highest BCUT2D eigenvalue weighted by atomic mass is 15.0. The first-order chi connectivity index (χ1) is 14.7. The molecule has 0 saturated carbocycles. The highest BCUT2D eigenvalue weighted by molar-refractivity contribution is 5.74. The molecule has 0 radical (unpaired) electrons. The molecule has 0 bridgehead atoms. The van der Waals surface area contributed by atoms with E-state index >= 15 is 0 Å². The van der Waals surface area contributed by atoms with Crippen molar-refractivity contribution >= 4 is 5.57 Å². The van der Waals surface area contributed by atoms with E-state index in [-0.39, 0.29) is 0 Å². The van der Waals surface area contributed by atoms with Gasteiger partial charge in [0, 0.05) is 24.2 Å². The lowest BCUT2D eigenvalue weighted by molar-refractivity contribution is 0.961. The number of nitriles is 1. The molecule has 3 heteroatoms. The summed E-state index contributed by atoms with van der Waals surface area (Å²) in [6.07, 6.45) is 7.51.